The van der Waals surface area contributed by atoms with Crippen LogP contribution in [0.2, 0.25) is 0 Å². The van der Waals surface area contributed by atoms with E-state index >= 15 is 0 Å². The molecule has 0 fully saturated rings. The summed E-state index contributed by atoms with van der Waals surface area (Å²) in [6, 6.07) is 8.00. The summed E-state index contributed by atoms with van der Waals surface area (Å²) in [6.07, 6.45) is -3.48. The average Bonchev–Trinajstić information content (AvgIpc) is 2.41. The first kappa shape index (κ1) is 14.5. The van der Waals surface area contributed by atoms with Crippen molar-refractivity contribution in [1.82, 2.24) is 4.98 Å². The summed E-state index contributed by atoms with van der Waals surface area (Å²) in [5, 5.41) is 8.67. The summed E-state index contributed by atoms with van der Waals surface area (Å²) in [5.74, 6) is -0.0810. The van der Waals surface area contributed by atoms with Crippen molar-refractivity contribution in [2.45, 2.75) is 6.36 Å². The molecule has 0 amide bonds. The largest absolute Gasteiger partial charge is 0.573 e. The summed E-state index contributed by atoms with van der Waals surface area (Å²) in [7, 11) is 0. The molecule has 0 aliphatic heterocycles. The predicted molar refractivity (Wildman–Crippen MR) is 66.6 cm³/mol. The molecule has 1 aromatic carbocycles. The van der Waals surface area contributed by atoms with Crippen LogP contribution in [0.5, 0.6) is 17.4 Å². The lowest BCUT2D eigenvalue weighted by atomic mass is 10.3. The number of pyridine rings is 1. The maximum absolute atomic E-state index is 12.0. The van der Waals surface area contributed by atoms with E-state index in [2.05, 4.69) is 9.72 Å². The van der Waals surface area contributed by atoms with Gasteiger partial charge in [0, 0.05) is 6.20 Å². The van der Waals surface area contributed by atoms with Gasteiger partial charge in [-0.2, -0.15) is 5.26 Å². The van der Waals surface area contributed by atoms with E-state index in [1.54, 1.807) is 0 Å². The molecule has 0 saturated carbocycles. The number of nitrogen functional groups attached to an aromatic ring is 1. The summed E-state index contributed by atoms with van der Waals surface area (Å²) in [5.41, 5.74) is 6.06. The number of nitrogens with zero attached hydrogens (tertiary/aromatic N) is 2. The van der Waals surface area contributed by atoms with E-state index in [1.165, 1.54) is 24.4 Å². The fourth-order valence-electron chi connectivity index (χ4n) is 1.44. The number of ether oxygens (including phenoxy) is 2. The number of anilines is 1. The lowest BCUT2D eigenvalue weighted by Gasteiger charge is -2.10. The van der Waals surface area contributed by atoms with Crippen LogP contribution in [0.1, 0.15) is 5.56 Å². The molecule has 0 atom stereocenters. The number of halogens is 3. The van der Waals surface area contributed by atoms with Crippen LogP contribution in [-0.4, -0.2) is 11.3 Å². The topological polar surface area (TPSA) is 81.2 Å². The molecular weight excluding hydrogens is 287 g/mol. The molecule has 1 aromatic heterocycles. The number of nitrogens with two attached hydrogens (primary N) is 1. The second-order valence-corrected chi connectivity index (χ2v) is 3.85. The Bertz CT molecular complexity index is 679. The Hall–Kier alpha value is -2.95. The summed E-state index contributed by atoms with van der Waals surface area (Å²) < 4.78 is 45.1. The van der Waals surface area contributed by atoms with Crippen molar-refractivity contribution in [2.75, 3.05) is 5.73 Å². The number of rotatable bonds is 3. The van der Waals surface area contributed by atoms with Crippen LogP contribution in [0.4, 0.5) is 18.9 Å². The van der Waals surface area contributed by atoms with Gasteiger partial charge in [-0.05, 0) is 30.3 Å². The van der Waals surface area contributed by atoms with Crippen LogP contribution in [0.3, 0.4) is 0 Å². The maximum Gasteiger partial charge on any atom is 0.573 e. The minimum Gasteiger partial charge on any atom is -0.437 e. The molecular formula is C13H8F3N3O2. The highest BCUT2D eigenvalue weighted by Gasteiger charge is 2.30. The molecule has 1 heterocycles. The molecule has 0 saturated heterocycles. The summed E-state index contributed by atoms with van der Waals surface area (Å²) >= 11 is 0. The number of hydrogen-bond acceptors (Lipinski definition) is 5. The van der Waals surface area contributed by atoms with E-state index < -0.39 is 6.36 Å². The molecule has 2 aromatic rings. The molecule has 2 rings (SSSR count). The Labute approximate surface area is 117 Å². The van der Waals surface area contributed by atoms with Crippen molar-refractivity contribution in [3.63, 3.8) is 0 Å². The van der Waals surface area contributed by atoms with Gasteiger partial charge in [-0.3, -0.25) is 0 Å². The summed E-state index contributed by atoms with van der Waals surface area (Å²) in [6.45, 7) is 0. The van der Waals surface area contributed by atoms with Gasteiger partial charge in [-0.1, -0.05) is 0 Å². The van der Waals surface area contributed by atoms with Crippen molar-refractivity contribution < 1.29 is 22.6 Å². The van der Waals surface area contributed by atoms with Gasteiger partial charge in [0.1, 0.15) is 17.6 Å². The lowest BCUT2D eigenvalue weighted by molar-refractivity contribution is -0.274. The van der Waals surface area contributed by atoms with Gasteiger partial charge in [0.2, 0.25) is 5.88 Å². The molecule has 108 valence electrons. The van der Waals surface area contributed by atoms with Gasteiger partial charge in [-0.15, -0.1) is 13.2 Å². The number of alkyl halides is 3. The van der Waals surface area contributed by atoms with Gasteiger partial charge >= 0.3 is 6.36 Å². The molecule has 8 heteroatoms. The van der Waals surface area contributed by atoms with Crippen LogP contribution >= 0.6 is 0 Å². The second-order valence-electron chi connectivity index (χ2n) is 3.85. The van der Waals surface area contributed by atoms with Gasteiger partial charge < -0.3 is 15.2 Å². The van der Waals surface area contributed by atoms with E-state index in [0.717, 1.165) is 12.1 Å². The molecule has 0 unspecified atom stereocenters. The maximum atomic E-state index is 12.0. The van der Waals surface area contributed by atoms with Crippen molar-refractivity contribution in [3.05, 3.63) is 42.1 Å². The normalized spacial score (nSPS) is 10.8. The third-order valence-corrected chi connectivity index (χ3v) is 2.28. The fraction of sp³-hybridized carbons (Fsp3) is 0.0769. The number of benzene rings is 1. The highest BCUT2D eigenvalue weighted by Crippen LogP contribution is 2.28. The first-order chi connectivity index (χ1) is 9.87. The molecule has 2 N–H and O–H groups in total. The first-order valence-corrected chi connectivity index (χ1v) is 5.56. The zero-order valence-electron chi connectivity index (χ0n) is 10.4. The molecule has 5 nitrogen and oxygen atoms in total. The van der Waals surface area contributed by atoms with Gasteiger partial charge in [0.15, 0.2) is 0 Å². The van der Waals surface area contributed by atoms with Crippen LogP contribution in [-0.2, 0) is 0 Å². The Morgan fingerprint density at radius 3 is 2.29 bits per heavy atom. The molecule has 0 aliphatic carbocycles. The van der Waals surface area contributed by atoms with Crippen molar-refractivity contribution in [2.24, 2.45) is 0 Å². The third-order valence-electron chi connectivity index (χ3n) is 2.28. The van der Waals surface area contributed by atoms with Crippen LogP contribution in [0.25, 0.3) is 0 Å². The Morgan fingerprint density at radius 2 is 1.76 bits per heavy atom. The quantitative estimate of drug-likeness (QED) is 0.940. The third kappa shape index (κ3) is 4.01. The van der Waals surface area contributed by atoms with Crippen LogP contribution in [0.15, 0.2) is 36.5 Å². The number of hydrogen-bond donors (Lipinski definition) is 1. The van der Waals surface area contributed by atoms with Gasteiger partial charge in [-0.25, -0.2) is 4.98 Å². The fourth-order valence-corrected chi connectivity index (χ4v) is 1.44. The number of nitriles is 1. The lowest BCUT2D eigenvalue weighted by Crippen LogP contribution is -2.16. The minimum absolute atomic E-state index is 0.0542. The van der Waals surface area contributed by atoms with E-state index in [9.17, 15) is 13.2 Å². The van der Waals surface area contributed by atoms with Gasteiger partial charge in [0.05, 0.1) is 11.3 Å². The Kier molecular flexibility index (Phi) is 3.84. The Balaban J connectivity index is 2.12. The first-order valence-electron chi connectivity index (χ1n) is 5.56. The van der Waals surface area contributed by atoms with Crippen molar-refractivity contribution in [1.29, 1.82) is 5.26 Å². The van der Waals surface area contributed by atoms with Crippen LogP contribution < -0.4 is 15.2 Å². The molecule has 0 bridgehead atoms. The van der Waals surface area contributed by atoms with E-state index in [4.69, 9.17) is 15.7 Å². The average molecular weight is 295 g/mol. The molecule has 0 radical (unpaired) electrons. The minimum atomic E-state index is -4.75. The Morgan fingerprint density at radius 1 is 1.14 bits per heavy atom. The van der Waals surface area contributed by atoms with Crippen molar-refractivity contribution in [3.8, 4) is 23.4 Å². The number of aromatic nitrogens is 1. The van der Waals surface area contributed by atoms with E-state index in [0.29, 0.717) is 0 Å². The monoisotopic (exact) mass is 295 g/mol. The second kappa shape index (κ2) is 5.58. The summed E-state index contributed by atoms with van der Waals surface area (Å²) in [4.78, 5) is 3.85. The predicted octanol–water partition coefficient (Wildman–Crippen LogP) is 3.23. The van der Waals surface area contributed by atoms with Crippen molar-refractivity contribution >= 4 is 5.69 Å². The highest BCUT2D eigenvalue weighted by atomic mass is 19.4. The smallest absolute Gasteiger partial charge is 0.437 e. The van der Waals surface area contributed by atoms with E-state index in [1.807, 2.05) is 6.07 Å². The highest BCUT2D eigenvalue weighted by molar-refractivity contribution is 5.53. The molecule has 0 aliphatic rings. The van der Waals surface area contributed by atoms with E-state index in [-0.39, 0.29) is 28.6 Å². The van der Waals surface area contributed by atoms with Crippen LogP contribution in [0, 0.1) is 11.3 Å². The standard InChI is InChI=1S/C13H8F3N3O2/c14-13(15,16)21-10-3-1-9(2-4-10)20-12-11(18)5-8(6-17)7-19-12/h1-5,7H,18H2. The van der Waals surface area contributed by atoms with Gasteiger partial charge in [0.25, 0.3) is 0 Å². The zero-order valence-corrected chi connectivity index (χ0v) is 10.4. The SMILES string of the molecule is N#Cc1cnc(Oc2ccc(OC(F)(F)F)cc2)c(N)c1. The molecule has 0 spiro atoms. The molecule has 21 heavy (non-hydrogen) atoms. The zero-order chi connectivity index (χ0) is 15.5.